The monoisotopic (exact) mass is 496 g/mol. The van der Waals surface area contributed by atoms with E-state index >= 15 is 0 Å². The van der Waals surface area contributed by atoms with Gasteiger partial charge in [-0.2, -0.15) is 0 Å². The van der Waals surface area contributed by atoms with Crippen LogP contribution in [0.3, 0.4) is 0 Å². The van der Waals surface area contributed by atoms with Crippen molar-refractivity contribution in [3.8, 4) is 0 Å². The van der Waals surface area contributed by atoms with Crippen LogP contribution in [0, 0.1) is 6.92 Å². The fourth-order valence-electron chi connectivity index (χ4n) is 4.06. The summed E-state index contributed by atoms with van der Waals surface area (Å²) in [4.78, 5) is 46.7. The van der Waals surface area contributed by atoms with Gasteiger partial charge in [-0.05, 0) is 49.1 Å². The molecule has 0 saturated heterocycles. The van der Waals surface area contributed by atoms with E-state index in [2.05, 4.69) is 4.98 Å². The lowest BCUT2D eigenvalue weighted by Crippen LogP contribution is -2.29. The van der Waals surface area contributed by atoms with Gasteiger partial charge in [0.15, 0.2) is 16.3 Å². The van der Waals surface area contributed by atoms with Crippen LogP contribution >= 0.6 is 34.7 Å². The Bertz CT molecular complexity index is 1510. The summed E-state index contributed by atoms with van der Waals surface area (Å²) in [5.74, 6) is -0.622. The molecule has 0 fully saturated rings. The molecule has 4 aromatic rings. The first-order valence-corrected chi connectivity index (χ1v) is 12.4. The van der Waals surface area contributed by atoms with E-state index in [0.29, 0.717) is 26.1 Å². The van der Waals surface area contributed by atoms with E-state index in [4.69, 9.17) is 16.0 Å². The molecule has 6 nitrogen and oxygen atoms in total. The predicted octanol–water partition coefficient (Wildman–Crippen LogP) is 5.89. The number of carbonyl (C=O) groups is 2. The molecule has 166 valence electrons. The third kappa shape index (κ3) is 3.49. The Morgan fingerprint density at radius 3 is 2.55 bits per heavy atom. The minimum Gasteiger partial charge on any atom is -0.450 e. The first-order chi connectivity index (χ1) is 15.8. The van der Waals surface area contributed by atoms with Gasteiger partial charge in [0, 0.05) is 16.8 Å². The summed E-state index contributed by atoms with van der Waals surface area (Å²) in [6, 6.07) is 11.7. The largest absolute Gasteiger partial charge is 0.450 e. The van der Waals surface area contributed by atoms with Gasteiger partial charge in [0.2, 0.25) is 5.76 Å². The highest BCUT2D eigenvalue weighted by molar-refractivity contribution is 7.98. The van der Waals surface area contributed by atoms with Gasteiger partial charge in [-0.1, -0.05) is 35.1 Å². The molecule has 1 unspecified atom stereocenters. The topological polar surface area (TPSA) is 80.5 Å². The standard InChI is InChI=1S/C24H17ClN2O4S2/c1-11-22(12(2)28)33-24(26-11)27-19(13-4-7-15(32-3)8-5-13)18-20(29)16-10-14(25)6-9-17(16)31-21(18)23(27)30/h4-10,19H,1-3H3. The molecule has 1 atom stereocenters. The van der Waals surface area contributed by atoms with Crippen molar-refractivity contribution in [2.24, 2.45) is 0 Å². The Labute approximate surface area is 202 Å². The van der Waals surface area contributed by atoms with E-state index in [1.165, 1.54) is 11.8 Å². The maximum Gasteiger partial charge on any atom is 0.297 e. The Balaban J connectivity index is 1.79. The minimum absolute atomic E-state index is 0.0222. The minimum atomic E-state index is -0.742. The van der Waals surface area contributed by atoms with Crippen LogP contribution in [0.5, 0.6) is 0 Å². The summed E-state index contributed by atoms with van der Waals surface area (Å²) in [7, 11) is 0. The van der Waals surface area contributed by atoms with Gasteiger partial charge in [0.1, 0.15) is 5.58 Å². The highest BCUT2D eigenvalue weighted by Gasteiger charge is 2.45. The van der Waals surface area contributed by atoms with E-state index in [0.717, 1.165) is 21.8 Å². The summed E-state index contributed by atoms with van der Waals surface area (Å²) in [5, 5.41) is 1.05. The van der Waals surface area contributed by atoms with Crippen LogP contribution in [0.4, 0.5) is 5.13 Å². The van der Waals surface area contributed by atoms with Crippen molar-refractivity contribution in [2.75, 3.05) is 11.2 Å². The Morgan fingerprint density at radius 2 is 1.91 bits per heavy atom. The summed E-state index contributed by atoms with van der Waals surface area (Å²) in [6.07, 6.45) is 1.97. The normalized spacial score (nSPS) is 15.3. The highest BCUT2D eigenvalue weighted by atomic mass is 35.5. The van der Waals surface area contributed by atoms with Crippen molar-refractivity contribution in [1.82, 2.24) is 4.98 Å². The number of hydrogen-bond acceptors (Lipinski definition) is 7. The number of ketones is 1. The first-order valence-electron chi connectivity index (χ1n) is 10.0. The SMILES string of the molecule is CSc1ccc(C2c3c(oc4ccc(Cl)cc4c3=O)C(=O)N2c2nc(C)c(C(C)=O)s2)cc1. The molecule has 1 aliphatic heterocycles. The predicted molar refractivity (Wildman–Crippen MR) is 131 cm³/mol. The number of benzene rings is 2. The Hall–Kier alpha value is -2.94. The van der Waals surface area contributed by atoms with Crippen LogP contribution in [0.25, 0.3) is 11.0 Å². The molecule has 3 heterocycles. The van der Waals surface area contributed by atoms with Gasteiger partial charge >= 0.3 is 0 Å². The maximum absolute atomic E-state index is 13.6. The van der Waals surface area contributed by atoms with Gasteiger partial charge in [0.05, 0.1) is 27.6 Å². The number of rotatable bonds is 4. The third-order valence-corrected chi connectivity index (χ3v) is 7.81. The van der Waals surface area contributed by atoms with Crippen molar-refractivity contribution in [3.63, 3.8) is 0 Å². The van der Waals surface area contributed by atoms with Crippen LogP contribution in [0.2, 0.25) is 5.02 Å². The van der Waals surface area contributed by atoms with E-state index in [1.54, 1.807) is 36.9 Å². The fourth-order valence-corrected chi connectivity index (χ4v) is 5.63. The molecule has 33 heavy (non-hydrogen) atoms. The molecule has 0 bridgehead atoms. The van der Waals surface area contributed by atoms with Crippen molar-refractivity contribution in [3.05, 3.63) is 85.2 Å². The molecule has 0 aliphatic carbocycles. The lowest BCUT2D eigenvalue weighted by molar-refractivity contribution is 0.0969. The van der Waals surface area contributed by atoms with E-state index in [-0.39, 0.29) is 28.1 Å². The molecule has 0 spiro atoms. The highest BCUT2D eigenvalue weighted by Crippen LogP contribution is 2.43. The first kappa shape index (κ1) is 21.9. The van der Waals surface area contributed by atoms with E-state index < -0.39 is 11.9 Å². The number of fused-ring (bicyclic) bond motifs is 2. The molecule has 0 N–H and O–H groups in total. The van der Waals surface area contributed by atoms with Gasteiger partial charge < -0.3 is 4.42 Å². The van der Waals surface area contributed by atoms with Crippen molar-refractivity contribution < 1.29 is 14.0 Å². The zero-order chi connectivity index (χ0) is 23.4. The molecule has 9 heteroatoms. The molecular formula is C24H17ClN2O4S2. The van der Waals surface area contributed by atoms with Crippen LogP contribution < -0.4 is 10.3 Å². The number of anilines is 1. The number of carbonyl (C=O) groups excluding carboxylic acids is 2. The van der Waals surface area contributed by atoms with Gasteiger partial charge in [-0.3, -0.25) is 19.3 Å². The summed E-state index contributed by atoms with van der Waals surface area (Å²) < 4.78 is 5.94. The smallest absolute Gasteiger partial charge is 0.297 e. The van der Waals surface area contributed by atoms with Crippen molar-refractivity contribution >= 4 is 62.5 Å². The number of amides is 1. The quantitative estimate of drug-likeness (QED) is 0.259. The number of hydrogen-bond donors (Lipinski definition) is 0. The molecule has 0 radical (unpaired) electrons. The number of halogens is 1. The van der Waals surface area contributed by atoms with Crippen LogP contribution in [0.1, 0.15) is 50.0 Å². The number of thioether (sulfide) groups is 1. The molecular weight excluding hydrogens is 480 g/mol. The van der Waals surface area contributed by atoms with E-state index in [9.17, 15) is 14.4 Å². The molecule has 1 aliphatic rings. The Kier molecular flexibility index (Phi) is 5.39. The van der Waals surface area contributed by atoms with Gasteiger partial charge in [0.25, 0.3) is 5.91 Å². The lowest BCUT2D eigenvalue weighted by Gasteiger charge is -2.22. The average molecular weight is 497 g/mol. The van der Waals surface area contributed by atoms with E-state index in [1.807, 2.05) is 30.5 Å². The Morgan fingerprint density at radius 1 is 1.18 bits per heavy atom. The maximum atomic E-state index is 13.6. The molecule has 2 aromatic carbocycles. The lowest BCUT2D eigenvalue weighted by atomic mass is 9.99. The zero-order valence-corrected chi connectivity index (χ0v) is 20.2. The van der Waals surface area contributed by atoms with Crippen LogP contribution in [0.15, 0.2) is 56.6 Å². The van der Waals surface area contributed by atoms with Crippen molar-refractivity contribution in [1.29, 1.82) is 0 Å². The van der Waals surface area contributed by atoms with Crippen LogP contribution in [-0.4, -0.2) is 22.9 Å². The number of aromatic nitrogens is 1. The fraction of sp³-hybridized carbons (Fsp3) is 0.167. The zero-order valence-electron chi connectivity index (χ0n) is 17.8. The summed E-state index contributed by atoms with van der Waals surface area (Å²) >= 11 is 8.86. The van der Waals surface area contributed by atoms with Crippen LogP contribution in [-0.2, 0) is 0 Å². The number of thiazole rings is 1. The van der Waals surface area contributed by atoms with Gasteiger partial charge in [-0.25, -0.2) is 4.98 Å². The summed E-state index contributed by atoms with van der Waals surface area (Å²) in [5.41, 5.74) is 1.49. The number of aryl methyl sites for hydroxylation is 1. The molecule has 2 aromatic heterocycles. The molecule has 0 saturated carbocycles. The average Bonchev–Trinajstić information content (AvgIpc) is 3.32. The molecule has 1 amide bonds. The second kappa shape index (κ2) is 8.13. The molecule has 5 rings (SSSR count). The number of Topliss-reactive ketones (excluding diaryl/α,β-unsaturated/α-hetero) is 1. The van der Waals surface area contributed by atoms with Crippen molar-refractivity contribution in [2.45, 2.75) is 24.8 Å². The number of nitrogens with zero attached hydrogens (tertiary/aromatic N) is 2. The third-order valence-electron chi connectivity index (χ3n) is 5.57. The second-order valence-corrected chi connectivity index (χ2v) is 9.93. The van der Waals surface area contributed by atoms with Gasteiger partial charge in [-0.15, -0.1) is 11.8 Å². The summed E-state index contributed by atoms with van der Waals surface area (Å²) in [6.45, 7) is 3.19. The second-order valence-electron chi connectivity index (χ2n) is 7.63.